The Bertz CT molecular complexity index is 586. The first-order valence-corrected chi connectivity index (χ1v) is 7.91. The molecular weight excluding hydrogens is 246 g/mol. The van der Waals surface area contributed by atoms with Crippen molar-refractivity contribution in [1.82, 2.24) is 0 Å². The quantitative estimate of drug-likeness (QED) is 0.854. The largest absolute Gasteiger partial charge is 0.399 e. The van der Waals surface area contributed by atoms with Crippen molar-refractivity contribution in [3.8, 4) is 0 Å². The van der Waals surface area contributed by atoms with E-state index in [1.54, 1.807) is 13.8 Å². The first kappa shape index (κ1) is 13.1. The first-order valence-electron chi connectivity index (χ1n) is 6.19. The van der Waals surface area contributed by atoms with Gasteiger partial charge in [-0.05, 0) is 55.5 Å². The first-order chi connectivity index (χ1) is 8.40. The minimum absolute atomic E-state index is 0.129. The van der Waals surface area contributed by atoms with E-state index in [2.05, 4.69) is 0 Å². The summed E-state index contributed by atoms with van der Waals surface area (Å²) in [4.78, 5) is 0. The van der Waals surface area contributed by atoms with E-state index in [-0.39, 0.29) is 11.0 Å². The van der Waals surface area contributed by atoms with Gasteiger partial charge in [-0.15, -0.1) is 0 Å². The van der Waals surface area contributed by atoms with Crippen LogP contribution in [0.15, 0.2) is 24.3 Å². The van der Waals surface area contributed by atoms with E-state index in [1.807, 2.05) is 24.3 Å². The molecule has 98 valence electrons. The Morgan fingerprint density at radius 2 is 2.06 bits per heavy atom. The summed E-state index contributed by atoms with van der Waals surface area (Å²) in [6, 6.07) is 5.84. The summed E-state index contributed by atoms with van der Waals surface area (Å²) in [5.41, 5.74) is 10.0. The number of benzene rings is 1. The second-order valence-electron chi connectivity index (χ2n) is 5.02. The lowest BCUT2D eigenvalue weighted by Crippen LogP contribution is -2.16. The maximum Gasteiger partial charge on any atom is 0.156 e. The van der Waals surface area contributed by atoms with E-state index in [9.17, 15) is 8.42 Å². The third kappa shape index (κ3) is 2.58. The fourth-order valence-corrected chi connectivity index (χ4v) is 2.98. The Balaban J connectivity index is 2.24. The number of allylic oxidation sites excluding steroid dienone is 1. The van der Waals surface area contributed by atoms with Crippen molar-refractivity contribution in [3.63, 3.8) is 0 Å². The monoisotopic (exact) mass is 265 g/mol. The molecule has 1 aliphatic rings. The number of nitrogen functional groups attached to an aromatic ring is 1. The second-order valence-corrected chi connectivity index (χ2v) is 7.63. The molecule has 3 nitrogen and oxygen atoms in total. The number of sulfone groups is 1. The zero-order chi connectivity index (χ0) is 13.3. The van der Waals surface area contributed by atoms with Crippen LogP contribution in [-0.2, 0) is 16.3 Å². The van der Waals surface area contributed by atoms with E-state index < -0.39 is 9.84 Å². The standard InChI is InChI=1S/C14H19NO2S/c1-10(2)18(16,17)8-7-11-3-4-12-9-13(15)5-6-14(11)12/h5-7,9-10H,3-4,8,15H2,1-2H3/b11-7-. The van der Waals surface area contributed by atoms with Gasteiger partial charge in [-0.2, -0.15) is 0 Å². The van der Waals surface area contributed by atoms with E-state index in [0.717, 1.165) is 29.7 Å². The Hall–Kier alpha value is -1.29. The van der Waals surface area contributed by atoms with Gasteiger partial charge in [-0.1, -0.05) is 12.1 Å². The molecule has 2 N–H and O–H groups in total. The van der Waals surface area contributed by atoms with Gasteiger partial charge in [0.25, 0.3) is 0 Å². The molecule has 1 aromatic rings. The SMILES string of the molecule is CC(C)S(=O)(=O)C/C=C1/CCc2cc(N)ccc21. The molecule has 0 bridgehead atoms. The van der Waals surface area contributed by atoms with E-state index >= 15 is 0 Å². The normalized spacial score (nSPS) is 17.4. The number of hydrogen-bond acceptors (Lipinski definition) is 3. The van der Waals surface area contributed by atoms with Crippen LogP contribution >= 0.6 is 0 Å². The van der Waals surface area contributed by atoms with Crippen LogP contribution in [0.25, 0.3) is 5.57 Å². The summed E-state index contributed by atoms with van der Waals surface area (Å²) < 4.78 is 23.6. The number of hydrogen-bond donors (Lipinski definition) is 1. The highest BCUT2D eigenvalue weighted by molar-refractivity contribution is 7.92. The van der Waals surface area contributed by atoms with Crippen molar-refractivity contribution in [1.29, 1.82) is 0 Å². The van der Waals surface area contributed by atoms with Gasteiger partial charge in [-0.25, -0.2) is 8.42 Å². The zero-order valence-corrected chi connectivity index (χ0v) is 11.6. The van der Waals surface area contributed by atoms with Crippen molar-refractivity contribution in [3.05, 3.63) is 35.4 Å². The van der Waals surface area contributed by atoms with Crippen LogP contribution in [0.1, 0.15) is 31.4 Å². The van der Waals surface area contributed by atoms with Crippen LogP contribution in [0.2, 0.25) is 0 Å². The second kappa shape index (κ2) is 4.76. The van der Waals surface area contributed by atoms with E-state index in [0.29, 0.717) is 0 Å². The van der Waals surface area contributed by atoms with Gasteiger partial charge in [0.2, 0.25) is 0 Å². The maximum absolute atomic E-state index is 11.8. The highest BCUT2D eigenvalue weighted by Gasteiger charge is 2.19. The van der Waals surface area contributed by atoms with Crippen molar-refractivity contribution >= 4 is 21.1 Å². The molecule has 1 aliphatic carbocycles. The molecule has 0 heterocycles. The van der Waals surface area contributed by atoms with Crippen LogP contribution in [0.3, 0.4) is 0 Å². The molecule has 2 rings (SSSR count). The lowest BCUT2D eigenvalue weighted by molar-refractivity contribution is 0.590. The maximum atomic E-state index is 11.8. The van der Waals surface area contributed by atoms with Crippen LogP contribution in [-0.4, -0.2) is 19.4 Å². The highest BCUT2D eigenvalue weighted by atomic mass is 32.2. The van der Waals surface area contributed by atoms with Crippen LogP contribution in [0, 0.1) is 0 Å². The minimum atomic E-state index is -3.00. The average molecular weight is 265 g/mol. The number of anilines is 1. The molecule has 0 saturated carbocycles. The zero-order valence-electron chi connectivity index (χ0n) is 10.8. The summed E-state index contributed by atoms with van der Waals surface area (Å²) in [6.07, 6.45) is 3.72. The molecule has 18 heavy (non-hydrogen) atoms. The molecule has 0 saturated heterocycles. The summed E-state index contributed by atoms with van der Waals surface area (Å²) in [5, 5.41) is -0.318. The van der Waals surface area contributed by atoms with Crippen LogP contribution in [0.5, 0.6) is 0 Å². The number of nitrogens with two attached hydrogens (primary N) is 1. The topological polar surface area (TPSA) is 60.2 Å². The van der Waals surface area contributed by atoms with Gasteiger partial charge in [0.15, 0.2) is 9.84 Å². The smallest absolute Gasteiger partial charge is 0.156 e. The summed E-state index contributed by atoms with van der Waals surface area (Å²) in [6.45, 7) is 3.44. The Morgan fingerprint density at radius 3 is 2.72 bits per heavy atom. The molecule has 0 fully saturated rings. The Labute approximate surface area is 109 Å². The highest BCUT2D eigenvalue weighted by Crippen LogP contribution is 2.33. The predicted octanol–water partition coefficient (Wildman–Crippen LogP) is 2.42. The molecule has 0 unspecified atom stereocenters. The molecule has 0 aliphatic heterocycles. The third-order valence-electron chi connectivity index (χ3n) is 3.42. The van der Waals surface area contributed by atoms with Gasteiger partial charge >= 0.3 is 0 Å². The average Bonchev–Trinajstić information content (AvgIpc) is 2.68. The fraction of sp³-hybridized carbons (Fsp3) is 0.429. The Morgan fingerprint density at radius 1 is 1.33 bits per heavy atom. The summed E-state index contributed by atoms with van der Waals surface area (Å²) >= 11 is 0. The van der Waals surface area contributed by atoms with Gasteiger partial charge in [-0.3, -0.25) is 0 Å². The predicted molar refractivity (Wildman–Crippen MR) is 76.1 cm³/mol. The van der Waals surface area contributed by atoms with Gasteiger partial charge in [0, 0.05) is 5.69 Å². The molecule has 0 atom stereocenters. The van der Waals surface area contributed by atoms with Crippen molar-refractivity contribution in [2.75, 3.05) is 11.5 Å². The van der Waals surface area contributed by atoms with Crippen molar-refractivity contribution in [2.24, 2.45) is 0 Å². The summed E-state index contributed by atoms with van der Waals surface area (Å²) in [7, 11) is -3.00. The third-order valence-corrected chi connectivity index (χ3v) is 5.49. The molecule has 0 radical (unpaired) electrons. The molecule has 0 spiro atoms. The van der Waals surface area contributed by atoms with Crippen molar-refractivity contribution in [2.45, 2.75) is 31.9 Å². The van der Waals surface area contributed by atoms with Gasteiger partial charge in [0.05, 0.1) is 11.0 Å². The number of aryl methyl sites for hydroxylation is 1. The minimum Gasteiger partial charge on any atom is -0.399 e. The molecular formula is C14H19NO2S. The lowest BCUT2D eigenvalue weighted by Gasteiger charge is -2.06. The molecule has 0 aromatic heterocycles. The lowest BCUT2D eigenvalue weighted by atomic mass is 10.1. The number of rotatable bonds is 3. The fourth-order valence-electron chi connectivity index (χ4n) is 2.16. The van der Waals surface area contributed by atoms with Crippen molar-refractivity contribution < 1.29 is 8.42 Å². The van der Waals surface area contributed by atoms with Gasteiger partial charge in [0.1, 0.15) is 0 Å². The van der Waals surface area contributed by atoms with Crippen LogP contribution in [0.4, 0.5) is 5.69 Å². The van der Waals surface area contributed by atoms with Gasteiger partial charge < -0.3 is 5.73 Å². The van der Waals surface area contributed by atoms with E-state index in [1.165, 1.54) is 5.56 Å². The number of fused-ring (bicyclic) bond motifs is 1. The van der Waals surface area contributed by atoms with E-state index in [4.69, 9.17) is 5.73 Å². The molecule has 1 aromatic carbocycles. The Kier molecular flexibility index (Phi) is 3.48. The molecule has 0 amide bonds. The summed E-state index contributed by atoms with van der Waals surface area (Å²) in [5.74, 6) is 0.129. The van der Waals surface area contributed by atoms with Crippen LogP contribution < -0.4 is 5.73 Å². The molecule has 4 heteroatoms.